The van der Waals surface area contributed by atoms with Crippen molar-refractivity contribution in [2.75, 3.05) is 56.5 Å². The van der Waals surface area contributed by atoms with E-state index in [1.165, 1.54) is 15.9 Å². The largest absolute Gasteiger partial charge is 1.00 e. The van der Waals surface area contributed by atoms with Crippen LogP contribution in [0.4, 0.5) is 35.4 Å². The molecule has 6 atom stereocenters. The Kier molecular flexibility index (Phi) is 34.6. The van der Waals surface area contributed by atoms with Gasteiger partial charge in [0.1, 0.15) is 76.2 Å². The summed E-state index contributed by atoms with van der Waals surface area (Å²) in [6, 6.07) is 57.7. The number of anilines is 3. The van der Waals surface area contributed by atoms with Gasteiger partial charge in [-0.05, 0) is 145 Å². The predicted octanol–water partition coefficient (Wildman–Crippen LogP) is 7.75. The number of alkyl halides is 3. The number of allylic oxidation sites excluding steroid dienone is 1. The summed E-state index contributed by atoms with van der Waals surface area (Å²) in [5, 5.41) is 31.6. The maximum atomic E-state index is 15.5. The number of aromatic amines is 3. The smallest absolute Gasteiger partial charge is 1.00 e. The third kappa shape index (κ3) is 22.9. The Bertz CT molecular complexity index is 5820. The zero-order valence-corrected chi connectivity index (χ0v) is 73.8. The molecule has 0 bridgehead atoms. The molecule has 10 N–H and O–H groups in total. The second-order valence-electron chi connectivity index (χ2n) is 26.6. The van der Waals surface area contributed by atoms with Gasteiger partial charge in [0.25, 0.3) is 23.2 Å². The van der Waals surface area contributed by atoms with Crippen LogP contribution in [0.25, 0.3) is 66.1 Å². The van der Waals surface area contributed by atoms with Crippen molar-refractivity contribution in [3.05, 3.63) is 275 Å². The number of fused-ring (bicyclic) bond motifs is 3. The molecule has 0 saturated carbocycles. The van der Waals surface area contributed by atoms with Crippen LogP contribution in [0.3, 0.4) is 0 Å². The molecule has 0 aliphatic carbocycles. The van der Waals surface area contributed by atoms with E-state index in [1.54, 1.807) is 32.3 Å². The summed E-state index contributed by atoms with van der Waals surface area (Å²) in [7, 11) is 0. The maximum absolute atomic E-state index is 15.5. The topological polar surface area (TPSA) is 386 Å². The Morgan fingerprint density at radius 3 is 1.17 bits per heavy atom. The van der Waals surface area contributed by atoms with E-state index in [4.69, 9.17) is 57.8 Å². The van der Waals surface area contributed by atoms with E-state index in [0.29, 0.717) is 81.1 Å². The number of aromatic nitrogens is 9. The number of hydrogen-bond donors (Lipinski definition) is 7. The molecule has 608 valence electrons. The molecule has 3 fully saturated rings. The molecule has 35 heteroatoms. The van der Waals surface area contributed by atoms with Gasteiger partial charge >= 0.3 is 109 Å². The van der Waals surface area contributed by atoms with Crippen LogP contribution < -0.4 is 161 Å². The molecule has 9 heterocycles. The van der Waals surface area contributed by atoms with Gasteiger partial charge in [-0.25, -0.2) is 33.3 Å². The van der Waals surface area contributed by atoms with E-state index in [-0.39, 0.29) is 216 Å². The van der Waals surface area contributed by atoms with Crippen LogP contribution in [0, 0.1) is 0 Å². The molecule has 119 heavy (non-hydrogen) atoms. The Morgan fingerprint density at radius 1 is 0.513 bits per heavy atom. The Morgan fingerprint density at radius 2 is 0.832 bits per heavy atom. The molecule has 3 aliphatic heterocycles. The molecular formula is C84H82ClF3IK2N15O13. The fourth-order valence-corrected chi connectivity index (χ4v) is 13.8. The number of ether oxygens (including phenoxy) is 4. The number of para-hydroxylation sites is 3. The predicted molar refractivity (Wildman–Crippen MR) is 450 cm³/mol. The fraction of sp³-hybridized carbons (Fsp3) is 0.190. The summed E-state index contributed by atoms with van der Waals surface area (Å²) < 4.78 is 73.3. The number of H-pyrrole nitrogens is 3. The van der Waals surface area contributed by atoms with Crippen molar-refractivity contribution in [1.29, 1.82) is 0 Å². The summed E-state index contributed by atoms with van der Waals surface area (Å²) in [5.41, 5.74) is 23.1. The third-order valence-corrected chi connectivity index (χ3v) is 19.5. The number of hydrogen-bond acceptors (Lipinski definition) is 20. The molecule has 0 spiro atoms. The fourth-order valence-electron chi connectivity index (χ4n) is 13.8. The standard InChI is InChI=1S/C31H28FN5O4.C26H24FN5O3.C23H22FN5O2.C3H3ClO.CH2O3.HI.2K.H2.H/c32-25-15-16-36(31(39)40-19-20-7-3-1-4-8-20)18-26(25)37-17-24(27-28(37)30(38)35-34-29(27)33)21-11-13-23(14-12-21)41-22-9-5-2-6-10-22;1-2-22(33)31-13-12-20(27)21(15-31)32-14-19(23-24(32)26(34)30-29-25(23)28)16-8-10-18(11-9-16)35-17-6-4-3-5-7-17;24-18-10-11-26-12-19(18)29-13-17(20-21(29)23(30)28-27-22(20)25)14-6-8-16(9-7-14)31-15-4-2-1-3-5-15;1-2-3(4)5;2-1-4-3;;;;;/h1-14,17,25-26H,15-16,18-19H2,(H2,33,34)(H,35,38);2-11,14,20-21H,1,12-13,15H2,(H2,28,29)(H,30,34);1-9,13,18-19,26H,10-12H2,(H2,25,27)(H,28,30);2H,1H2;1,3H;1H;;;1H;/q;;;;;;2*+1;;-1/p-1. The third-order valence-electron chi connectivity index (χ3n) is 19.4. The number of rotatable bonds is 17. The van der Waals surface area contributed by atoms with Gasteiger partial charge in [-0.2, -0.15) is 15.3 Å². The number of likely N-dealkylation sites (tertiary alicyclic amines) is 2. The first-order valence-corrected chi connectivity index (χ1v) is 36.8. The average Bonchev–Trinajstić information content (AvgIpc) is 2.04. The number of amides is 2. The molecule has 0 radical (unpaired) electrons. The van der Waals surface area contributed by atoms with Crippen molar-refractivity contribution >= 4 is 109 Å². The number of nitrogen functional groups attached to an aromatic ring is 3. The molecular weight excluding hydrogens is 1720 g/mol. The van der Waals surface area contributed by atoms with Crippen molar-refractivity contribution in [2.45, 2.75) is 62.5 Å². The van der Waals surface area contributed by atoms with Crippen molar-refractivity contribution in [3.63, 3.8) is 0 Å². The quantitative estimate of drug-likeness (QED) is 0.00871. The molecule has 28 nitrogen and oxygen atoms in total. The second kappa shape index (κ2) is 44.3. The number of nitrogens with one attached hydrogen (secondary N) is 4. The van der Waals surface area contributed by atoms with Gasteiger partial charge in [0, 0.05) is 69.4 Å². The van der Waals surface area contributed by atoms with E-state index in [9.17, 15) is 33.2 Å². The first kappa shape index (κ1) is 92.8. The Hall–Kier alpha value is -10.0. The molecule has 13 aromatic rings. The van der Waals surface area contributed by atoms with E-state index < -0.39 is 64.7 Å². The maximum Gasteiger partial charge on any atom is 1.00 e. The van der Waals surface area contributed by atoms with Crippen LogP contribution >= 0.6 is 35.6 Å². The van der Waals surface area contributed by atoms with E-state index in [2.05, 4.69) is 54.0 Å². The molecule has 7 aromatic carbocycles. The Balaban J connectivity index is 0.000000235. The van der Waals surface area contributed by atoms with Gasteiger partial charge in [-0.3, -0.25) is 28.8 Å². The number of nitrogens with two attached hydrogens (primary N) is 3. The van der Waals surface area contributed by atoms with E-state index >= 15 is 8.78 Å². The normalized spacial score (nSPS) is 16.5. The SMILES string of the molecule is C=CC(=O)Cl.C=CC(=O)N1CCC(F)C(n2cc(-c3ccc(Oc4ccccc4)cc3)c3c(N)n[nH]c(=O)c32)C1.I.Nc1n[nH]c(=O)c2c1c(-c1ccc(Oc3ccccc3)cc1)cn2C1CN(C(=O)OCc2ccccc2)CCC1F.Nc1n[nH]c(=O)c2c1c(-c1ccc(Oc3ccccc3)cc1)cn2C1CNCCC1F.O=CO[O-].[H-].[HH].[K+].[K+]. The first-order valence-electron chi connectivity index (χ1n) is 36.4. The van der Waals surface area contributed by atoms with Crippen LogP contribution in [0.1, 0.15) is 45.8 Å². The summed E-state index contributed by atoms with van der Waals surface area (Å²) >= 11 is 4.71. The second-order valence-corrected chi connectivity index (χ2v) is 27.0. The van der Waals surface area contributed by atoms with Gasteiger partial charge in [0.15, 0.2) is 17.5 Å². The minimum atomic E-state index is -1.30. The van der Waals surface area contributed by atoms with Crippen molar-refractivity contribution < 1.29 is 167 Å². The van der Waals surface area contributed by atoms with Gasteiger partial charge < -0.3 is 76.5 Å². The van der Waals surface area contributed by atoms with E-state index in [1.807, 2.05) is 194 Å². The number of carbonyl (C=O) groups is 4. The number of carbonyl (C=O) groups excluding carboxylic acids is 4. The van der Waals surface area contributed by atoms with Crippen molar-refractivity contribution in [2.24, 2.45) is 0 Å². The minimum absolute atomic E-state index is 0. The number of nitrogens with zero attached hydrogens (tertiary/aromatic N) is 8. The summed E-state index contributed by atoms with van der Waals surface area (Å²) in [6.45, 7) is 8.23. The van der Waals surface area contributed by atoms with Crippen LogP contribution in [0.2, 0.25) is 0 Å². The molecule has 3 aliphatic rings. The molecule has 6 aromatic heterocycles. The zero-order chi connectivity index (χ0) is 81.9. The molecule has 16 rings (SSSR count). The van der Waals surface area contributed by atoms with Gasteiger partial charge in [0.05, 0.1) is 34.3 Å². The number of benzene rings is 7. The van der Waals surface area contributed by atoms with Gasteiger partial charge in [-0.15, -0.1) is 24.0 Å². The van der Waals surface area contributed by atoms with E-state index in [0.717, 1.165) is 39.6 Å². The summed E-state index contributed by atoms with van der Waals surface area (Å²) in [6.07, 6.45) is 3.99. The Labute approximate surface area is 788 Å². The average molecular weight is 1810 g/mol. The number of halogens is 5. The monoisotopic (exact) mass is 1810 g/mol. The molecule has 2 amide bonds. The molecule has 3 saturated heterocycles. The van der Waals surface area contributed by atoms with Crippen LogP contribution in [0.5, 0.6) is 34.5 Å². The van der Waals surface area contributed by atoms with Crippen LogP contribution in [-0.2, 0) is 30.6 Å². The van der Waals surface area contributed by atoms with Gasteiger partial charge in [-0.1, -0.05) is 134 Å². The van der Waals surface area contributed by atoms with Crippen molar-refractivity contribution in [1.82, 2.24) is 59.4 Å². The van der Waals surface area contributed by atoms with Gasteiger partial charge in [0.2, 0.25) is 11.1 Å². The zero-order valence-electron chi connectivity index (χ0n) is 65.4. The van der Waals surface area contributed by atoms with Crippen LogP contribution in [0.15, 0.2) is 252 Å². The van der Waals surface area contributed by atoms with Crippen LogP contribution in [-0.4, -0.2) is 136 Å². The molecule has 6 unspecified atom stereocenters. The minimum Gasteiger partial charge on any atom is -1.00 e. The van der Waals surface area contributed by atoms with Crippen molar-refractivity contribution in [3.8, 4) is 67.9 Å². The number of piperidine rings is 3. The first-order chi connectivity index (χ1) is 56.2. The summed E-state index contributed by atoms with van der Waals surface area (Å²) in [5.74, 6) is 4.28. The summed E-state index contributed by atoms with van der Waals surface area (Å²) in [4.78, 5) is 87.3.